The molecule has 3 rings (SSSR count). The first-order valence-electron chi connectivity index (χ1n) is 7.47. The van der Waals surface area contributed by atoms with E-state index in [1.807, 2.05) is 6.92 Å². The Hall–Kier alpha value is -1.76. The van der Waals surface area contributed by atoms with E-state index in [1.165, 1.54) is 0 Å². The SMILES string of the molecule is Cc1nc([C@@H]2CCCN2Cc2noc(CC(C)C)n2)no1. The molecule has 0 amide bonds. The third-order valence-electron chi connectivity index (χ3n) is 3.64. The van der Waals surface area contributed by atoms with Crippen LogP contribution in [0.2, 0.25) is 0 Å². The first-order chi connectivity index (χ1) is 10.1. The van der Waals surface area contributed by atoms with Crippen LogP contribution < -0.4 is 0 Å². The number of hydrogen-bond acceptors (Lipinski definition) is 7. The number of likely N-dealkylation sites (tertiary alicyclic amines) is 1. The van der Waals surface area contributed by atoms with Crippen molar-refractivity contribution in [1.29, 1.82) is 0 Å². The average molecular weight is 291 g/mol. The molecule has 0 bridgehead atoms. The molecule has 1 fully saturated rings. The zero-order chi connectivity index (χ0) is 14.8. The third kappa shape index (κ3) is 3.29. The van der Waals surface area contributed by atoms with Gasteiger partial charge in [0, 0.05) is 13.3 Å². The zero-order valence-corrected chi connectivity index (χ0v) is 12.7. The van der Waals surface area contributed by atoms with Crippen LogP contribution in [0.1, 0.15) is 56.2 Å². The van der Waals surface area contributed by atoms with Crippen LogP contribution in [-0.4, -0.2) is 31.7 Å². The van der Waals surface area contributed by atoms with Crippen LogP contribution in [0.25, 0.3) is 0 Å². The highest BCUT2D eigenvalue weighted by atomic mass is 16.5. The summed E-state index contributed by atoms with van der Waals surface area (Å²) in [7, 11) is 0. The monoisotopic (exact) mass is 291 g/mol. The minimum absolute atomic E-state index is 0.189. The molecule has 0 aromatic carbocycles. The number of hydrogen-bond donors (Lipinski definition) is 0. The van der Waals surface area contributed by atoms with E-state index in [0.717, 1.165) is 37.5 Å². The summed E-state index contributed by atoms with van der Waals surface area (Å²) in [5.74, 6) is 3.33. The summed E-state index contributed by atoms with van der Waals surface area (Å²) < 4.78 is 10.4. The van der Waals surface area contributed by atoms with Crippen LogP contribution in [0.5, 0.6) is 0 Å². The lowest BCUT2D eigenvalue weighted by Crippen LogP contribution is -2.24. The van der Waals surface area contributed by atoms with Gasteiger partial charge in [-0.15, -0.1) is 0 Å². The molecule has 0 saturated carbocycles. The van der Waals surface area contributed by atoms with Gasteiger partial charge in [-0.3, -0.25) is 4.90 Å². The van der Waals surface area contributed by atoms with Gasteiger partial charge in [0.1, 0.15) is 0 Å². The Balaban J connectivity index is 1.67. The molecule has 1 saturated heterocycles. The molecule has 0 N–H and O–H groups in total. The maximum Gasteiger partial charge on any atom is 0.226 e. The van der Waals surface area contributed by atoms with Crippen molar-refractivity contribution in [3.05, 3.63) is 23.4 Å². The molecule has 2 aromatic heterocycles. The smallest absolute Gasteiger partial charge is 0.226 e. The van der Waals surface area contributed by atoms with Crippen molar-refractivity contribution in [1.82, 2.24) is 25.2 Å². The van der Waals surface area contributed by atoms with Crippen molar-refractivity contribution in [3.63, 3.8) is 0 Å². The molecular formula is C14H21N5O2. The van der Waals surface area contributed by atoms with Crippen molar-refractivity contribution in [2.45, 2.75) is 52.6 Å². The molecule has 21 heavy (non-hydrogen) atoms. The second-order valence-corrected chi connectivity index (χ2v) is 6.00. The normalized spacial score (nSPS) is 19.7. The van der Waals surface area contributed by atoms with Gasteiger partial charge in [-0.25, -0.2) is 0 Å². The molecule has 0 unspecified atom stereocenters. The Morgan fingerprint density at radius 2 is 2.10 bits per heavy atom. The van der Waals surface area contributed by atoms with Crippen LogP contribution in [0, 0.1) is 12.8 Å². The average Bonchev–Trinajstić information content (AvgIpc) is 3.11. The van der Waals surface area contributed by atoms with Crippen molar-refractivity contribution in [2.24, 2.45) is 5.92 Å². The van der Waals surface area contributed by atoms with Crippen molar-refractivity contribution >= 4 is 0 Å². The first kappa shape index (κ1) is 14.2. The molecule has 1 atom stereocenters. The second-order valence-electron chi connectivity index (χ2n) is 6.00. The van der Waals surface area contributed by atoms with Crippen LogP contribution in [-0.2, 0) is 13.0 Å². The van der Waals surface area contributed by atoms with Crippen molar-refractivity contribution in [3.8, 4) is 0 Å². The van der Waals surface area contributed by atoms with Gasteiger partial charge in [0.05, 0.1) is 12.6 Å². The predicted octanol–water partition coefficient (Wildman–Crippen LogP) is 2.30. The Labute approximate surface area is 123 Å². The molecule has 0 radical (unpaired) electrons. The second kappa shape index (κ2) is 5.93. The van der Waals surface area contributed by atoms with Gasteiger partial charge in [-0.1, -0.05) is 24.2 Å². The maximum atomic E-state index is 5.29. The topological polar surface area (TPSA) is 81.1 Å². The molecule has 3 heterocycles. The highest BCUT2D eigenvalue weighted by Gasteiger charge is 2.30. The van der Waals surface area contributed by atoms with Crippen LogP contribution in [0.3, 0.4) is 0 Å². The van der Waals surface area contributed by atoms with Gasteiger partial charge in [0.2, 0.25) is 11.8 Å². The van der Waals surface area contributed by atoms with E-state index in [4.69, 9.17) is 9.05 Å². The summed E-state index contributed by atoms with van der Waals surface area (Å²) in [6.45, 7) is 7.75. The lowest BCUT2D eigenvalue weighted by Gasteiger charge is -2.19. The number of nitrogens with zero attached hydrogens (tertiary/aromatic N) is 5. The number of rotatable bonds is 5. The molecule has 1 aliphatic rings. The fourth-order valence-corrected chi connectivity index (χ4v) is 2.73. The standard InChI is InChI=1S/C14H21N5O2/c1-9(2)7-13-16-12(17-21-13)8-19-6-4-5-11(19)14-15-10(3)20-18-14/h9,11H,4-8H2,1-3H3/t11-/m0/s1. The van der Waals surface area contributed by atoms with Gasteiger partial charge in [0.25, 0.3) is 0 Å². The summed E-state index contributed by atoms with van der Waals surface area (Å²) in [6.07, 6.45) is 2.98. The molecule has 0 spiro atoms. The summed E-state index contributed by atoms with van der Waals surface area (Å²) >= 11 is 0. The number of aryl methyl sites for hydroxylation is 1. The fraction of sp³-hybridized carbons (Fsp3) is 0.714. The van der Waals surface area contributed by atoms with Crippen LogP contribution >= 0.6 is 0 Å². The van der Waals surface area contributed by atoms with Crippen LogP contribution in [0.4, 0.5) is 0 Å². The quantitative estimate of drug-likeness (QED) is 0.836. The fourth-order valence-electron chi connectivity index (χ4n) is 2.73. The summed E-state index contributed by atoms with van der Waals surface area (Å²) in [6, 6.07) is 0.189. The zero-order valence-electron chi connectivity index (χ0n) is 12.7. The molecule has 7 nitrogen and oxygen atoms in total. The minimum Gasteiger partial charge on any atom is -0.340 e. The Morgan fingerprint density at radius 3 is 2.81 bits per heavy atom. The largest absolute Gasteiger partial charge is 0.340 e. The molecule has 1 aliphatic heterocycles. The van der Waals surface area contributed by atoms with E-state index in [-0.39, 0.29) is 6.04 Å². The highest BCUT2D eigenvalue weighted by molar-refractivity contribution is 4.99. The van der Waals surface area contributed by atoms with E-state index in [9.17, 15) is 0 Å². The van der Waals surface area contributed by atoms with E-state index < -0.39 is 0 Å². The highest BCUT2D eigenvalue weighted by Crippen LogP contribution is 2.31. The Kier molecular flexibility index (Phi) is 4.01. The molecule has 2 aromatic rings. The first-order valence-corrected chi connectivity index (χ1v) is 7.47. The van der Waals surface area contributed by atoms with E-state index in [0.29, 0.717) is 24.2 Å². The molecular weight excluding hydrogens is 270 g/mol. The Morgan fingerprint density at radius 1 is 1.24 bits per heavy atom. The lowest BCUT2D eigenvalue weighted by molar-refractivity contribution is 0.225. The van der Waals surface area contributed by atoms with E-state index in [2.05, 4.69) is 39.0 Å². The van der Waals surface area contributed by atoms with E-state index >= 15 is 0 Å². The van der Waals surface area contributed by atoms with Crippen LogP contribution in [0.15, 0.2) is 9.05 Å². The van der Waals surface area contributed by atoms with E-state index in [1.54, 1.807) is 0 Å². The van der Waals surface area contributed by atoms with Crippen molar-refractivity contribution < 1.29 is 9.05 Å². The lowest BCUT2D eigenvalue weighted by atomic mass is 10.1. The third-order valence-corrected chi connectivity index (χ3v) is 3.64. The van der Waals surface area contributed by atoms with Gasteiger partial charge in [0.15, 0.2) is 11.6 Å². The van der Waals surface area contributed by atoms with Gasteiger partial charge >= 0.3 is 0 Å². The summed E-state index contributed by atoms with van der Waals surface area (Å²) in [5.41, 5.74) is 0. The minimum atomic E-state index is 0.189. The summed E-state index contributed by atoms with van der Waals surface area (Å²) in [5, 5.41) is 8.12. The van der Waals surface area contributed by atoms with Gasteiger partial charge in [-0.05, 0) is 25.3 Å². The Bertz CT molecular complexity index is 592. The summed E-state index contributed by atoms with van der Waals surface area (Å²) in [4.78, 5) is 11.1. The molecule has 0 aliphatic carbocycles. The maximum absolute atomic E-state index is 5.29. The number of aromatic nitrogens is 4. The molecule has 114 valence electrons. The van der Waals surface area contributed by atoms with Gasteiger partial charge in [-0.2, -0.15) is 9.97 Å². The van der Waals surface area contributed by atoms with Crippen molar-refractivity contribution in [2.75, 3.05) is 6.54 Å². The predicted molar refractivity (Wildman–Crippen MR) is 74.3 cm³/mol. The van der Waals surface area contributed by atoms with Gasteiger partial charge < -0.3 is 9.05 Å². The molecule has 7 heteroatoms.